The molecule has 1 fully saturated rings. The highest BCUT2D eigenvalue weighted by atomic mass is 32.2. The lowest BCUT2D eigenvalue weighted by Crippen LogP contribution is -2.26. The zero-order chi connectivity index (χ0) is 21.5. The van der Waals surface area contributed by atoms with Crippen molar-refractivity contribution in [1.82, 2.24) is 34.9 Å². The second-order valence-corrected chi connectivity index (χ2v) is 9.84. The molecule has 10 nitrogen and oxygen atoms in total. The van der Waals surface area contributed by atoms with Gasteiger partial charge in [0.1, 0.15) is 6.33 Å². The molecule has 0 unspecified atom stereocenters. The Morgan fingerprint density at radius 3 is 2.57 bits per heavy atom. The van der Waals surface area contributed by atoms with Crippen LogP contribution in [0.3, 0.4) is 0 Å². The average Bonchev–Trinajstić information content (AvgIpc) is 3.43. The first kappa shape index (κ1) is 20.2. The van der Waals surface area contributed by atoms with E-state index in [9.17, 15) is 13.2 Å². The van der Waals surface area contributed by atoms with Crippen molar-refractivity contribution in [3.05, 3.63) is 53.1 Å². The van der Waals surface area contributed by atoms with Crippen LogP contribution in [-0.2, 0) is 16.4 Å². The molecule has 2 aromatic heterocycles. The van der Waals surface area contributed by atoms with Crippen LogP contribution >= 0.6 is 0 Å². The van der Waals surface area contributed by atoms with Crippen LogP contribution in [-0.4, -0.2) is 67.8 Å². The molecule has 1 aliphatic rings. The maximum Gasteiger partial charge on any atom is 0.253 e. The molecule has 11 heteroatoms. The van der Waals surface area contributed by atoms with E-state index >= 15 is 0 Å². The number of carbonyl (C=O) groups excluding carboxylic acids is 1. The molecule has 1 atom stereocenters. The highest BCUT2D eigenvalue weighted by Crippen LogP contribution is 2.27. The molecule has 1 amide bonds. The quantitative estimate of drug-likeness (QED) is 0.596. The minimum Gasteiger partial charge on any atom is -0.337 e. The number of nitrogens with zero attached hydrogens (tertiary/aromatic N) is 7. The molecular formula is C19H23N7O3S. The van der Waals surface area contributed by atoms with E-state index < -0.39 is 9.84 Å². The molecule has 158 valence electrons. The Morgan fingerprint density at radius 2 is 1.97 bits per heavy atom. The Balaban J connectivity index is 1.50. The summed E-state index contributed by atoms with van der Waals surface area (Å²) in [5.74, 6) is 0.203. The standard InChI is InChI=1S/C19H23N7O3S/c1-13-18(14(2)26(21-13)17-8-9-30(28,29)11-17)10-24(3)19(27)15-4-6-16(7-5-15)25-12-20-22-23-25/h4-7,12,17H,8-11H2,1-3H3/t17-/m1/s1. The fourth-order valence-electron chi connectivity index (χ4n) is 3.82. The van der Waals surface area contributed by atoms with E-state index in [0.717, 1.165) is 22.6 Å². The summed E-state index contributed by atoms with van der Waals surface area (Å²) in [6.07, 6.45) is 2.06. The zero-order valence-electron chi connectivity index (χ0n) is 17.1. The van der Waals surface area contributed by atoms with Crippen LogP contribution in [0.25, 0.3) is 5.69 Å². The summed E-state index contributed by atoms with van der Waals surface area (Å²) in [5, 5.41) is 15.6. The van der Waals surface area contributed by atoms with Gasteiger partial charge in [0, 0.05) is 30.4 Å². The van der Waals surface area contributed by atoms with Crippen LogP contribution in [0.4, 0.5) is 0 Å². The smallest absolute Gasteiger partial charge is 0.253 e. The summed E-state index contributed by atoms with van der Waals surface area (Å²) in [7, 11) is -1.25. The first-order valence-corrected chi connectivity index (χ1v) is 11.4. The van der Waals surface area contributed by atoms with Gasteiger partial charge < -0.3 is 4.90 Å². The first-order chi connectivity index (χ1) is 14.2. The molecule has 1 aliphatic heterocycles. The first-order valence-electron chi connectivity index (χ1n) is 9.59. The predicted molar refractivity (Wildman–Crippen MR) is 109 cm³/mol. The van der Waals surface area contributed by atoms with E-state index in [1.165, 1.54) is 11.0 Å². The van der Waals surface area contributed by atoms with Crippen LogP contribution in [0.15, 0.2) is 30.6 Å². The van der Waals surface area contributed by atoms with Crippen LogP contribution in [0.5, 0.6) is 0 Å². The van der Waals surface area contributed by atoms with Crippen molar-refractivity contribution in [2.75, 3.05) is 18.6 Å². The highest BCUT2D eigenvalue weighted by Gasteiger charge is 2.31. The minimum absolute atomic E-state index is 0.117. The molecule has 4 rings (SSSR count). The third kappa shape index (κ3) is 3.84. The molecule has 3 heterocycles. The van der Waals surface area contributed by atoms with Gasteiger partial charge in [-0.2, -0.15) is 5.10 Å². The summed E-state index contributed by atoms with van der Waals surface area (Å²) < 4.78 is 27.0. The van der Waals surface area contributed by atoms with Gasteiger partial charge in [-0.05, 0) is 55.0 Å². The lowest BCUT2D eigenvalue weighted by molar-refractivity contribution is 0.0784. The van der Waals surface area contributed by atoms with Gasteiger partial charge in [-0.3, -0.25) is 9.48 Å². The van der Waals surface area contributed by atoms with E-state index in [-0.39, 0.29) is 23.5 Å². The number of rotatable bonds is 5. The van der Waals surface area contributed by atoms with Gasteiger partial charge in [-0.25, -0.2) is 13.1 Å². The maximum absolute atomic E-state index is 12.9. The molecule has 0 aliphatic carbocycles. The molecule has 0 N–H and O–H groups in total. The molecule has 1 saturated heterocycles. The fourth-order valence-corrected chi connectivity index (χ4v) is 5.51. The Bertz CT molecular complexity index is 1170. The third-order valence-corrected chi connectivity index (χ3v) is 7.25. The number of benzene rings is 1. The number of aromatic nitrogens is 6. The molecule has 0 spiro atoms. The highest BCUT2D eigenvalue weighted by molar-refractivity contribution is 7.91. The number of sulfone groups is 1. The van der Waals surface area contributed by atoms with Crippen molar-refractivity contribution in [3.63, 3.8) is 0 Å². The normalized spacial score (nSPS) is 17.9. The van der Waals surface area contributed by atoms with Crippen molar-refractivity contribution >= 4 is 15.7 Å². The third-order valence-electron chi connectivity index (χ3n) is 5.50. The molecule has 1 aromatic carbocycles. The van der Waals surface area contributed by atoms with Crippen molar-refractivity contribution in [2.24, 2.45) is 0 Å². The van der Waals surface area contributed by atoms with Gasteiger partial charge in [0.05, 0.1) is 28.9 Å². The van der Waals surface area contributed by atoms with Crippen LogP contribution < -0.4 is 0 Å². The topological polar surface area (TPSA) is 116 Å². The lowest BCUT2D eigenvalue weighted by atomic mass is 10.1. The van der Waals surface area contributed by atoms with Crippen LogP contribution in [0.2, 0.25) is 0 Å². The van der Waals surface area contributed by atoms with Gasteiger partial charge in [-0.1, -0.05) is 0 Å². The average molecular weight is 430 g/mol. The van der Waals surface area contributed by atoms with Crippen LogP contribution in [0.1, 0.15) is 39.8 Å². The molecule has 0 bridgehead atoms. The van der Waals surface area contributed by atoms with Crippen molar-refractivity contribution in [2.45, 2.75) is 32.9 Å². The van der Waals surface area contributed by atoms with Crippen molar-refractivity contribution in [1.29, 1.82) is 0 Å². The van der Waals surface area contributed by atoms with Crippen molar-refractivity contribution in [3.8, 4) is 5.69 Å². The Hall–Kier alpha value is -3.08. The molecule has 3 aromatic rings. The Morgan fingerprint density at radius 1 is 1.23 bits per heavy atom. The van der Waals surface area contributed by atoms with Gasteiger partial charge in [-0.15, -0.1) is 5.10 Å². The molecule has 30 heavy (non-hydrogen) atoms. The predicted octanol–water partition coefficient (Wildman–Crippen LogP) is 1.11. The van der Waals surface area contributed by atoms with Gasteiger partial charge in [0.25, 0.3) is 5.91 Å². The Labute approximate surface area is 174 Å². The summed E-state index contributed by atoms with van der Waals surface area (Å²) in [6, 6.07) is 6.91. The number of amides is 1. The summed E-state index contributed by atoms with van der Waals surface area (Å²) in [6.45, 7) is 4.21. The number of tetrazole rings is 1. The largest absolute Gasteiger partial charge is 0.337 e. The van der Waals surface area contributed by atoms with Gasteiger partial charge in [0.2, 0.25) is 0 Å². The second kappa shape index (κ2) is 7.63. The molecule has 0 radical (unpaired) electrons. The lowest BCUT2D eigenvalue weighted by Gasteiger charge is -2.18. The number of carbonyl (C=O) groups is 1. The van der Waals surface area contributed by atoms with Gasteiger partial charge in [0.15, 0.2) is 9.84 Å². The number of hydrogen-bond acceptors (Lipinski definition) is 7. The van der Waals surface area contributed by atoms with E-state index in [0.29, 0.717) is 18.5 Å². The zero-order valence-corrected chi connectivity index (χ0v) is 17.9. The molecular weight excluding hydrogens is 406 g/mol. The second-order valence-electron chi connectivity index (χ2n) is 7.61. The number of hydrogen-bond donors (Lipinski definition) is 0. The van der Waals surface area contributed by atoms with Crippen LogP contribution in [0, 0.1) is 13.8 Å². The van der Waals surface area contributed by atoms with E-state index in [1.807, 2.05) is 18.5 Å². The van der Waals surface area contributed by atoms with E-state index in [4.69, 9.17) is 0 Å². The summed E-state index contributed by atoms with van der Waals surface area (Å²) in [5.41, 5.74) is 3.98. The SMILES string of the molecule is Cc1nn([C@@H]2CCS(=O)(=O)C2)c(C)c1CN(C)C(=O)c1ccc(-n2cnnn2)cc1. The number of aryl methyl sites for hydroxylation is 1. The summed E-state index contributed by atoms with van der Waals surface area (Å²) in [4.78, 5) is 14.5. The fraction of sp³-hybridized carbons (Fsp3) is 0.421. The van der Waals surface area contributed by atoms with Gasteiger partial charge >= 0.3 is 0 Å². The van der Waals surface area contributed by atoms with Crippen molar-refractivity contribution < 1.29 is 13.2 Å². The monoisotopic (exact) mass is 429 g/mol. The Kier molecular flexibility index (Phi) is 5.14. The molecule has 0 saturated carbocycles. The summed E-state index contributed by atoms with van der Waals surface area (Å²) >= 11 is 0. The minimum atomic E-state index is -3.00. The van der Waals surface area contributed by atoms with E-state index in [1.54, 1.807) is 36.2 Å². The van der Waals surface area contributed by atoms with E-state index in [2.05, 4.69) is 20.6 Å². The maximum atomic E-state index is 12.9.